The molecule has 0 aromatic heterocycles. The summed E-state index contributed by atoms with van der Waals surface area (Å²) >= 11 is 0. The number of phenolic OH excluding ortho intramolecular Hbond substituents is 1. The van der Waals surface area contributed by atoms with Gasteiger partial charge >= 0.3 is 6.09 Å². The highest BCUT2D eigenvalue weighted by molar-refractivity contribution is 6.10. The number of anilines is 2. The van der Waals surface area contributed by atoms with Crippen LogP contribution in [-0.4, -0.2) is 48.9 Å². The second-order valence-electron chi connectivity index (χ2n) is 9.49. The molecule has 3 aromatic rings. The summed E-state index contributed by atoms with van der Waals surface area (Å²) in [6.07, 6.45) is -0.0893. The number of nitrogens with one attached hydrogen (secondary N) is 3. The number of aromatic hydroxyl groups is 1. The molecule has 0 spiro atoms. The lowest BCUT2D eigenvalue weighted by molar-refractivity contribution is 0.0525. The van der Waals surface area contributed by atoms with E-state index in [1.54, 1.807) is 76.4 Å². The zero-order valence-corrected chi connectivity index (χ0v) is 22.4. The van der Waals surface area contributed by atoms with Crippen LogP contribution in [0, 0.1) is 0 Å². The third-order valence-corrected chi connectivity index (χ3v) is 5.23. The van der Waals surface area contributed by atoms with Gasteiger partial charge in [-0.05, 0) is 75.7 Å². The van der Waals surface area contributed by atoms with Crippen molar-refractivity contribution in [2.75, 3.05) is 30.9 Å². The molecule has 4 N–H and O–H groups in total. The van der Waals surface area contributed by atoms with Crippen LogP contribution in [0.2, 0.25) is 0 Å². The Labute approximate surface area is 227 Å². The normalized spacial score (nSPS) is 10.8. The maximum absolute atomic E-state index is 13.2. The van der Waals surface area contributed by atoms with E-state index in [2.05, 4.69) is 16.0 Å². The van der Waals surface area contributed by atoms with E-state index in [4.69, 9.17) is 14.2 Å². The molecule has 0 unspecified atom stereocenters. The lowest BCUT2D eigenvalue weighted by Gasteiger charge is -2.19. The highest BCUT2D eigenvalue weighted by atomic mass is 16.6. The van der Waals surface area contributed by atoms with Gasteiger partial charge in [0.1, 0.15) is 22.8 Å². The van der Waals surface area contributed by atoms with E-state index < -0.39 is 17.6 Å². The molecule has 0 aliphatic carbocycles. The average Bonchev–Trinajstić information content (AvgIpc) is 2.88. The van der Waals surface area contributed by atoms with Crippen molar-refractivity contribution in [2.45, 2.75) is 32.8 Å². The number of para-hydroxylation sites is 2. The molecule has 0 atom stereocenters. The van der Waals surface area contributed by atoms with E-state index in [9.17, 15) is 19.5 Å². The average molecular weight is 536 g/mol. The quantitative estimate of drug-likeness (QED) is 0.262. The largest absolute Gasteiger partial charge is 0.508 e. The van der Waals surface area contributed by atoms with Gasteiger partial charge in [-0.25, -0.2) is 4.79 Å². The van der Waals surface area contributed by atoms with Crippen LogP contribution in [0.4, 0.5) is 16.2 Å². The van der Waals surface area contributed by atoms with E-state index in [-0.39, 0.29) is 29.6 Å². The maximum Gasteiger partial charge on any atom is 0.407 e. The molecule has 0 aliphatic rings. The predicted octanol–water partition coefficient (Wildman–Crippen LogP) is 5.20. The second-order valence-corrected chi connectivity index (χ2v) is 9.49. The van der Waals surface area contributed by atoms with Crippen molar-refractivity contribution in [3.8, 4) is 17.2 Å². The van der Waals surface area contributed by atoms with Crippen molar-refractivity contribution in [2.24, 2.45) is 0 Å². The number of hydrogen-bond donors (Lipinski definition) is 4. The molecule has 0 aliphatic heterocycles. The molecule has 10 nitrogen and oxygen atoms in total. The molecule has 206 valence electrons. The van der Waals surface area contributed by atoms with E-state index in [0.29, 0.717) is 35.7 Å². The first-order chi connectivity index (χ1) is 18.6. The first kappa shape index (κ1) is 28.8. The molecule has 3 rings (SSSR count). The summed E-state index contributed by atoms with van der Waals surface area (Å²) in [5.74, 6) is -0.119. The Morgan fingerprint density at radius 3 is 2.13 bits per heavy atom. The van der Waals surface area contributed by atoms with Gasteiger partial charge in [0.15, 0.2) is 0 Å². The number of methoxy groups -OCH3 is 1. The van der Waals surface area contributed by atoms with Crippen molar-refractivity contribution in [1.29, 1.82) is 0 Å². The van der Waals surface area contributed by atoms with Gasteiger partial charge < -0.3 is 35.3 Å². The fraction of sp³-hybridized carbons (Fsp3) is 0.276. The maximum atomic E-state index is 13.2. The Bertz CT molecular complexity index is 1300. The van der Waals surface area contributed by atoms with E-state index in [1.165, 1.54) is 18.2 Å². The highest BCUT2D eigenvalue weighted by Crippen LogP contribution is 2.28. The number of hydrogen-bond acceptors (Lipinski definition) is 7. The molecule has 3 amide bonds. The van der Waals surface area contributed by atoms with Gasteiger partial charge in [-0.3, -0.25) is 9.59 Å². The lowest BCUT2D eigenvalue weighted by atomic mass is 10.1. The summed E-state index contributed by atoms with van der Waals surface area (Å²) in [6, 6.07) is 17.6. The first-order valence-corrected chi connectivity index (χ1v) is 12.3. The smallest absolute Gasteiger partial charge is 0.407 e. The van der Waals surface area contributed by atoms with Crippen molar-refractivity contribution in [1.82, 2.24) is 5.32 Å². The van der Waals surface area contributed by atoms with Gasteiger partial charge in [0.2, 0.25) is 0 Å². The third-order valence-electron chi connectivity index (χ3n) is 5.23. The Morgan fingerprint density at radius 2 is 1.51 bits per heavy atom. The molecule has 3 aromatic carbocycles. The minimum atomic E-state index is -0.596. The summed E-state index contributed by atoms with van der Waals surface area (Å²) in [7, 11) is 1.54. The fourth-order valence-corrected chi connectivity index (χ4v) is 3.40. The summed E-state index contributed by atoms with van der Waals surface area (Å²) in [6.45, 7) is 5.80. The number of carbonyl (C=O) groups is 3. The summed E-state index contributed by atoms with van der Waals surface area (Å²) < 4.78 is 16.0. The van der Waals surface area contributed by atoms with Crippen LogP contribution < -0.4 is 25.4 Å². The first-order valence-electron chi connectivity index (χ1n) is 12.3. The van der Waals surface area contributed by atoms with E-state index >= 15 is 0 Å². The summed E-state index contributed by atoms with van der Waals surface area (Å²) in [5, 5.41) is 18.2. The van der Waals surface area contributed by atoms with Crippen molar-refractivity contribution in [3.63, 3.8) is 0 Å². The summed E-state index contributed by atoms with van der Waals surface area (Å²) in [5.41, 5.74) is 0.796. The fourth-order valence-electron chi connectivity index (χ4n) is 3.40. The molecular formula is C29H33N3O7. The summed E-state index contributed by atoms with van der Waals surface area (Å²) in [4.78, 5) is 37.7. The van der Waals surface area contributed by atoms with Crippen molar-refractivity contribution < 1.29 is 33.7 Å². The predicted molar refractivity (Wildman–Crippen MR) is 148 cm³/mol. The molecule has 0 heterocycles. The second kappa shape index (κ2) is 13.2. The molecule has 0 saturated heterocycles. The van der Waals surface area contributed by atoms with Crippen LogP contribution in [0.15, 0.2) is 66.7 Å². The van der Waals surface area contributed by atoms with Crippen LogP contribution in [0.5, 0.6) is 17.2 Å². The van der Waals surface area contributed by atoms with Gasteiger partial charge in [0.05, 0.1) is 30.7 Å². The number of carbonyl (C=O) groups excluding carboxylic acids is 3. The lowest BCUT2D eigenvalue weighted by Crippen LogP contribution is -2.33. The van der Waals surface area contributed by atoms with Crippen LogP contribution in [0.25, 0.3) is 0 Å². The van der Waals surface area contributed by atoms with Crippen molar-refractivity contribution in [3.05, 3.63) is 77.9 Å². The molecular weight excluding hydrogens is 502 g/mol. The monoisotopic (exact) mass is 535 g/mol. The van der Waals surface area contributed by atoms with Crippen LogP contribution in [0.3, 0.4) is 0 Å². The minimum Gasteiger partial charge on any atom is -0.508 e. The zero-order chi connectivity index (χ0) is 28.4. The molecule has 39 heavy (non-hydrogen) atoms. The Morgan fingerprint density at radius 1 is 0.872 bits per heavy atom. The van der Waals surface area contributed by atoms with Crippen LogP contribution >= 0.6 is 0 Å². The van der Waals surface area contributed by atoms with Crippen LogP contribution in [0.1, 0.15) is 47.9 Å². The minimum absolute atomic E-state index is 0.0689. The van der Waals surface area contributed by atoms with Gasteiger partial charge in [0.25, 0.3) is 11.8 Å². The molecule has 10 heteroatoms. The topological polar surface area (TPSA) is 135 Å². The van der Waals surface area contributed by atoms with Crippen molar-refractivity contribution >= 4 is 29.3 Å². The SMILES string of the molecule is COc1ccc(C(=O)Nc2ccccc2NC(=O)c2ccc(O)cc2OCCCNC(=O)OC(C)(C)C)cc1. The molecule has 0 bridgehead atoms. The molecule has 0 radical (unpaired) electrons. The Hall–Kier alpha value is -4.73. The number of phenols is 1. The standard InChI is InChI=1S/C29H33N3O7/c1-29(2,3)39-28(36)30-16-7-17-38-25-18-20(33)12-15-22(25)27(35)32-24-9-6-5-8-23(24)31-26(34)19-10-13-21(37-4)14-11-19/h5-6,8-15,18,33H,7,16-17H2,1-4H3,(H,30,36)(H,31,34)(H,32,35). The highest BCUT2D eigenvalue weighted by Gasteiger charge is 2.18. The van der Waals surface area contributed by atoms with Gasteiger partial charge in [-0.2, -0.15) is 0 Å². The van der Waals surface area contributed by atoms with Gasteiger partial charge in [-0.15, -0.1) is 0 Å². The number of ether oxygens (including phenoxy) is 3. The third kappa shape index (κ3) is 8.96. The van der Waals surface area contributed by atoms with E-state index in [1.807, 2.05) is 0 Å². The number of alkyl carbamates (subject to hydrolysis) is 1. The Kier molecular flexibility index (Phi) is 9.75. The number of amides is 3. The van der Waals surface area contributed by atoms with E-state index in [0.717, 1.165) is 0 Å². The Balaban J connectivity index is 1.63. The van der Waals surface area contributed by atoms with Crippen LogP contribution in [-0.2, 0) is 4.74 Å². The molecule has 0 saturated carbocycles. The van der Waals surface area contributed by atoms with Gasteiger partial charge in [0, 0.05) is 18.2 Å². The molecule has 0 fully saturated rings. The van der Waals surface area contributed by atoms with Gasteiger partial charge in [-0.1, -0.05) is 12.1 Å². The number of benzene rings is 3. The number of rotatable bonds is 10. The zero-order valence-electron chi connectivity index (χ0n) is 22.4.